The van der Waals surface area contributed by atoms with Gasteiger partial charge in [-0.05, 0) is 85.5 Å². The van der Waals surface area contributed by atoms with E-state index < -0.39 is 12.1 Å². The van der Waals surface area contributed by atoms with Gasteiger partial charge >= 0.3 is 6.09 Å². The van der Waals surface area contributed by atoms with Crippen LogP contribution in [-0.4, -0.2) is 33.7 Å². The van der Waals surface area contributed by atoms with Crippen molar-refractivity contribution in [1.29, 1.82) is 5.41 Å². The minimum Gasteiger partial charge on any atom is -0.492 e. The number of nitrogens with zero attached hydrogens (tertiary/aromatic N) is 2. The fourth-order valence-electron chi connectivity index (χ4n) is 5.35. The van der Waals surface area contributed by atoms with Crippen LogP contribution >= 0.6 is 34.5 Å². The molecule has 3 heterocycles. The van der Waals surface area contributed by atoms with E-state index in [-0.39, 0.29) is 0 Å². The Morgan fingerprint density at radius 3 is 2.51 bits per heavy atom. The summed E-state index contributed by atoms with van der Waals surface area (Å²) in [7, 11) is 0. The Morgan fingerprint density at radius 1 is 1.05 bits per heavy atom. The summed E-state index contributed by atoms with van der Waals surface area (Å²) in [5, 5.41) is 10.4. The minimum absolute atomic E-state index is 0.400. The first kappa shape index (κ1) is 27.4. The summed E-state index contributed by atoms with van der Waals surface area (Å²) in [4.78, 5) is 20.6. The number of halogens is 2. The van der Waals surface area contributed by atoms with Gasteiger partial charge < -0.3 is 19.0 Å². The molecular formula is C31H28Cl2N4O3S. The van der Waals surface area contributed by atoms with Crippen molar-refractivity contribution in [2.24, 2.45) is 0 Å². The number of benzene rings is 3. The molecule has 0 saturated heterocycles. The lowest BCUT2D eigenvalue weighted by Crippen LogP contribution is -2.37. The Balaban J connectivity index is 1.31. The average molecular weight is 608 g/mol. The highest BCUT2D eigenvalue weighted by molar-refractivity contribution is 7.09. The van der Waals surface area contributed by atoms with Gasteiger partial charge in [0.2, 0.25) is 0 Å². The van der Waals surface area contributed by atoms with Crippen LogP contribution in [0.1, 0.15) is 34.2 Å². The molecule has 1 unspecified atom stereocenters. The number of H-pyrrole nitrogens is 1. The van der Waals surface area contributed by atoms with E-state index in [4.69, 9.17) is 38.1 Å². The quantitative estimate of drug-likeness (QED) is 0.207. The Hall–Kier alpha value is -3.72. The molecule has 1 aliphatic heterocycles. The highest BCUT2D eigenvalue weighted by Gasteiger charge is 2.34. The highest BCUT2D eigenvalue weighted by atomic mass is 35.5. The molecule has 0 spiro atoms. The first-order valence-corrected chi connectivity index (χ1v) is 14.9. The second kappa shape index (κ2) is 11.6. The summed E-state index contributed by atoms with van der Waals surface area (Å²) in [5.74, 6) is 1.16. The minimum atomic E-state index is -0.434. The lowest BCUT2D eigenvalue weighted by atomic mass is 9.98. The van der Waals surface area contributed by atoms with Crippen molar-refractivity contribution >= 4 is 51.5 Å². The largest absolute Gasteiger partial charge is 0.492 e. The summed E-state index contributed by atoms with van der Waals surface area (Å²) in [6.45, 7) is 3.56. The zero-order chi connectivity index (χ0) is 28.5. The predicted molar refractivity (Wildman–Crippen MR) is 162 cm³/mol. The number of aromatic nitrogens is 2. The molecule has 1 amide bonds. The van der Waals surface area contributed by atoms with Gasteiger partial charge in [0, 0.05) is 44.3 Å². The van der Waals surface area contributed by atoms with Crippen LogP contribution in [0.5, 0.6) is 11.5 Å². The first-order chi connectivity index (χ1) is 19.9. The molecule has 0 radical (unpaired) electrons. The third kappa shape index (κ3) is 5.86. The van der Waals surface area contributed by atoms with E-state index in [2.05, 4.69) is 4.98 Å². The zero-order valence-electron chi connectivity index (χ0n) is 22.3. The Morgan fingerprint density at radius 2 is 1.78 bits per heavy atom. The number of aryl methyl sites for hydroxylation is 2. The van der Waals surface area contributed by atoms with E-state index in [1.165, 1.54) is 11.3 Å². The number of rotatable bonds is 6. The molecule has 0 bridgehead atoms. The van der Waals surface area contributed by atoms with Crippen LogP contribution in [0.15, 0.2) is 72.9 Å². The standard InChI is InChI=1S/C31H28Cl2N4O3S/c1-19-18-36(30(34)41-19)15-16-39-23-9-4-20(5-10-23)29-28-25(26-17-22(33)8-13-27(26)35-28)3-2-14-37(29)31(38)40-24-11-6-21(32)7-12-24/h4-13,17-18,29,34-35H,2-3,14-16H2,1H3. The third-order valence-corrected chi connectivity index (χ3v) is 8.56. The number of ether oxygens (including phenoxy) is 2. The van der Waals surface area contributed by atoms with E-state index in [0.717, 1.165) is 51.2 Å². The molecule has 3 aromatic carbocycles. The smallest absolute Gasteiger partial charge is 0.416 e. The molecule has 1 atom stereocenters. The van der Waals surface area contributed by atoms with Crippen LogP contribution in [0, 0.1) is 12.3 Å². The van der Waals surface area contributed by atoms with Crippen molar-refractivity contribution < 1.29 is 14.3 Å². The topological polar surface area (TPSA) is 83.3 Å². The van der Waals surface area contributed by atoms with E-state index >= 15 is 0 Å². The molecule has 0 fully saturated rings. The molecule has 0 aliphatic carbocycles. The van der Waals surface area contributed by atoms with Gasteiger partial charge in [0.05, 0.1) is 6.54 Å². The average Bonchev–Trinajstić information content (AvgIpc) is 3.40. The van der Waals surface area contributed by atoms with Crippen molar-refractivity contribution in [2.75, 3.05) is 13.2 Å². The zero-order valence-corrected chi connectivity index (χ0v) is 24.7. The maximum atomic E-state index is 13.6. The Kier molecular flexibility index (Phi) is 7.79. The van der Waals surface area contributed by atoms with E-state index in [1.54, 1.807) is 29.2 Å². The molecule has 2 N–H and O–H groups in total. The summed E-state index contributed by atoms with van der Waals surface area (Å²) >= 11 is 13.8. The molecule has 10 heteroatoms. The Labute approximate surface area is 251 Å². The van der Waals surface area contributed by atoms with Gasteiger partial charge in [-0.3, -0.25) is 10.3 Å². The number of nitrogens with one attached hydrogen (secondary N) is 2. The lowest BCUT2D eigenvalue weighted by Gasteiger charge is -2.30. The van der Waals surface area contributed by atoms with Crippen LogP contribution in [-0.2, 0) is 13.0 Å². The molecule has 5 aromatic rings. The van der Waals surface area contributed by atoms with Crippen molar-refractivity contribution in [3.63, 3.8) is 0 Å². The first-order valence-electron chi connectivity index (χ1n) is 13.3. The normalized spacial score (nSPS) is 15.0. The molecular weight excluding hydrogens is 579 g/mol. The predicted octanol–water partition coefficient (Wildman–Crippen LogP) is 7.74. The number of hydrogen-bond acceptors (Lipinski definition) is 5. The number of hydrogen-bond donors (Lipinski definition) is 2. The number of amides is 1. The number of fused-ring (bicyclic) bond motifs is 3. The fourth-order valence-corrected chi connectivity index (χ4v) is 6.39. The van der Waals surface area contributed by atoms with Gasteiger partial charge in [0.1, 0.15) is 24.1 Å². The third-order valence-electron chi connectivity index (χ3n) is 7.22. The van der Waals surface area contributed by atoms with Crippen LogP contribution in [0.25, 0.3) is 10.9 Å². The van der Waals surface area contributed by atoms with Gasteiger partial charge in [-0.25, -0.2) is 4.79 Å². The number of carbonyl (C=O) groups excluding carboxylic acids is 1. The Bertz CT molecular complexity index is 1760. The molecule has 7 nitrogen and oxygen atoms in total. The molecule has 0 saturated carbocycles. The lowest BCUT2D eigenvalue weighted by molar-refractivity contribution is 0.139. The second-order valence-electron chi connectivity index (χ2n) is 9.99. The highest BCUT2D eigenvalue weighted by Crippen LogP contribution is 2.39. The van der Waals surface area contributed by atoms with Crippen molar-refractivity contribution in [1.82, 2.24) is 14.5 Å². The fraction of sp³-hybridized carbons (Fsp3) is 0.226. The summed E-state index contributed by atoms with van der Waals surface area (Å²) in [6, 6.07) is 20.0. The second-order valence-corrected chi connectivity index (χ2v) is 12.1. The molecule has 210 valence electrons. The van der Waals surface area contributed by atoms with Crippen LogP contribution in [0.2, 0.25) is 10.0 Å². The molecule has 2 aromatic heterocycles. The molecule has 41 heavy (non-hydrogen) atoms. The van der Waals surface area contributed by atoms with Crippen molar-refractivity contribution in [2.45, 2.75) is 32.4 Å². The number of thiazole rings is 1. The van der Waals surface area contributed by atoms with Gasteiger partial charge in [0.25, 0.3) is 0 Å². The van der Waals surface area contributed by atoms with Crippen molar-refractivity contribution in [3.05, 3.63) is 109 Å². The summed E-state index contributed by atoms with van der Waals surface area (Å²) in [6.07, 6.45) is 3.11. The summed E-state index contributed by atoms with van der Waals surface area (Å²) in [5.41, 5.74) is 4.02. The van der Waals surface area contributed by atoms with Gasteiger partial charge in [0.15, 0.2) is 4.80 Å². The number of carbonyl (C=O) groups is 1. The molecule has 6 rings (SSSR count). The maximum Gasteiger partial charge on any atom is 0.416 e. The van der Waals surface area contributed by atoms with Gasteiger partial charge in [-0.2, -0.15) is 0 Å². The van der Waals surface area contributed by atoms with Crippen LogP contribution < -0.4 is 14.3 Å². The van der Waals surface area contributed by atoms with E-state index in [1.807, 2.05) is 60.2 Å². The SMILES string of the molecule is Cc1cn(CCOc2ccc(C3c4[nH]c5ccc(Cl)cc5c4CCCN3C(=O)Oc3ccc(Cl)cc3)cc2)c(=N)s1. The number of aromatic amines is 1. The monoisotopic (exact) mass is 606 g/mol. The van der Waals surface area contributed by atoms with E-state index in [9.17, 15) is 4.79 Å². The van der Waals surface area contributed by atoms with Crippen LogP contribution in [0.4, 0.5) is 4.79 Å². The van der Waals surface area contributed by atoms with Gasteiger partial charge in [-0.15, -0.1) is 11.3 Å². The van der Waals surface area contributed by atoms with E-state index in [0.29, 0.717) is 40.3 Å². The maximum absolute atomic E-state index is 13.6. The van der Waals surface area contributed by atoms with Crippen LogP contribution in [0.3, 0.4) is 0 Å². The van der Waals surface area contributed by atoms with Gasteiger partial charge in [-0.1, -0.05) is 35.3 Å². The van der Waals surface area contributed by atoms with Crippen molar-refractivity contribution in [3.8, 4) is 11.5 Å². The summed E-state index contributed by atoms with van der Waals surface area (Å²) < 4.78 is 13.7. The molecule has 1 aliphatic rings.